The summed E-state index contributed by atoms with van der Waals surface area (Å²) in [6.07, 6.45) is 0. The molecular weight excluding hydrogens is 260 g/mol. The van der Waals surface area contributed by atoms with Crippen molar-refractivity contribution in [1.29, 1.82) is 0 Å². The number of aromatic nitrogens is 1. The Hall–Kier alpha value is -2.39. The van der Waals surface area contributed by atoms with Gasteiger partial charge in [-0.15, -0.1) is 0 Å². The second kappa shape index (κ2) is 4.86. The van der Waals surface area contributed by atoms with Gasteiger partial charge in [-0.05, 0) is 23.3 Å². The Morgan fingerprint density at radius 1 is 0.952 bits per heavy atom. The minimum atomic E-state index is -0.0291. The largest absolute Gasteiger partial charge is 0.390 e. The summed E-state index contributed by atoms with van der Waals surface area (Å²) >= 11 is 0. The first-order valence-corrected chi connectivity index (χ1v) is 7.16. The molecule has 0 fully saturated rings. The second-order valence-corrected chi connectivity index (χ2v) is 5.43. The first kappa shape index (κ1) is 12.4. The molecule has 104 valence electrons. The summed E-state index contributed by atoms with van der Waals surface area (Å²) in [7, 11) is 0. The third kappa shape index (κ3) is 2.06. The highest BCUT2D eigenvalue weighted by molar-refractivity contribution is 5.92. The summed E-state index contributed by atoms with van der Waals surface area (Å²) < 4.78 is 0. The lowest BCUT2D eigenvalue weighted by atomic mass is 10.1. The minimum Gasteiger partial charge on any atom is -0.390 e. The molecule has 0 atom stereocenters. The molecule has 1 aliphatic heterocycles. The van der Waals surface area contributed by atoms with E-state index in [1.54, 1.807) is 0 Å². The van der Waals surface area contributed by atoms with Crippen molar-refractivity contribution >= 4 is 16.6 Å². The number of fused-ring (bicyclic) bond motifs is 2. The van der Waals surface area contributed by atoms with Crippen LogP contribution >= 0.6 is 0 Å². The van der Waals surface area contributed by atoms with E-state index >= 15 is 0 Å². The van der Waals surface area contributed by atoms with Crippen LogP contribution in [0.5, 0.6) is 0 Å². The Morgan fingerprint density at radius 2 is 1.62 bits per heavy atom. The monoisotopic (exact) mass is 276 g/mol. The highest BCUT2D eigenvalue weighted by Crippen LogP contribution is 2.33. The fourth-order valence-electron chi connectivity index (χ4n) is 3.06. The van der Waals surface area contributed by atoms with E-state index in [2.05, 4.69) is 40.2 Å². The highest BCUT2D eigenvalue weighted by atomic mass is 16.3. The van der Waals surface area contributed by atoms with E-state index in [1.807, 2.05) is 24.3 Å². The lowest BCUT2D eigenvalue weighted by Crippen LogP contribution is -2.15. The molecule has 0 unspecified atom stereocenters. The SMILES string of the molecule is OCc1cc(N2Cc3ccccc3C2)c2ccccc2n1. The van der Waals surface area contributed by atoms with Gasteiger partial charge >= 0.3 is 0 Å². The molecule has 21 heavy (non-hydrogen) atoms. The highest BCUT2D eigenvalue weighted by Gasteiger charge is 2.20. The second-order valence-electron chi connectivity index (χ2n) is 5.43. The zero-order chi connectivity index (χ0) is 14.2. The van der Waals surface area contributed by atoms with Crippen molar-refractivity contribution in [2.75, 3.05) is 4.90 Å². The molecule has 2 heterocycles. The molecule has 3 aromatic rings. The number of para-hydroxylation sites is 1. The van der Waals surface area contributed by atoms with Crippen molar-refractivity contribution in [3.8, 4) is 0 Å². The number of anilines is 1. The maximum Gasteiger partial charge on any atom is 0.0854 e. The van der Waals surface area contributed by atoms with E-state index in [4.69, 9.17) is 0 Å². The Morgan fingerprint density at radius 3 is 2.33 bits per heavy atom. The lowest BCUT2D eigenvalue weighted by molar-refractivity contribution is 0.277. The van der Waals surface area contributed by atoms with Crippen molar-refractivity contribution < 1.29 is 5.11 Å². The quantitative estimate of drug-likeness (QED) is 0.780. The van der Waals surface area contributed by atoms with Crippen LogP contribution in [0.4, 0.5) is 5.69 Å². The summed E-state index contributed by atoms with van der Waals surface area (Å²) in [5, 5.41) is 10.6. The van der Waals surface area contributed by atoms with Crippen LogP contribution in [-0.4, -0.2) is 10.1 Å². The van der Waals surface area contributed by atoms with Crippen LogP contribution in [0.2, 0.25) is 0 Å². The molecule has 3 nitrogen and oxygen atoms in total. The normalized spacial score (nSPS) is 13.7. The number of benzene rings is 2. The standard InChI is InChI=1S/C18H16N2O/c21-12-15-9-18(16-7-3-4-8-17(16)19-15)20-10-13-5-1-2-6-14(13)11-20/h1-9,21H,10-12H2. The van der Waals surface area contributed by atoms with Crippen LogP contribution in [0.25, 0.3) is 10.9 Å². The average molecular weight is 276 g/mol. The molecule has 0 saturated heterocycles. The van der Waals surface area contributed by atoms with Crippen LogP contribution in [0.1, 0.15) is 16.8 Å². The smallest absolute Gasteiger partial charge is 0.0854 e. The molecule has 0 aliphatic carbocycles. The molecule has 4 rings (SSSR count). The number of nitrogens with zero attached hydrogens (tertiary/aromatic N) is 2. The zero-order valence-electron chi connectivity index (χ0n) is 11.7. The number of aliphatic hydroxyl groups excluding tert-OH is 1. The van der Waals surface area contributed by atoms with Gasteiger partial charge in [0.1, 0.15) is 0 Å². The van der Waals surface area contributed by atoms with E-state index in [0.29, 0.717) is 0 Å². The molecule has 0 radical (unpaired) electrons. The van der Waals surface area contributed by atoms with Gasteiger partial charge < -0.3 is 10.0 Å². The van der Waals surface area contributed by atoms with Crippen molar-refractivity contribution in [3.05, 3.63) is 71.4 Å². The Kier molecular flexibility index (Phi) is 2.86. The fourth-order valence-corrected chi connectivity index (χ4v) is 3.06. The Bertz CT molecular complexity index is 788. The van der Waals surface area contributed by atoms with E-state index < -0.39 is 0 Å². The van der Waals surface area contributed by atoms with E-state index in [-0.39, 0.29) is 6.61 Å². The molecule has 2 aromatic carbocycles. The average Bonchev–Trinajstić information content (AvgIpc) is 2.97. The van der Waals surface area contributed by atoms with E-state index in [1.165, 1.54) is 11.1 Å². The van der Waals surface area contributed by atoms with Gasteiger partial charge in [-0.25, -0.2) is 0 Å². The third-order valence-electron chi connectivity index (χ3n) is 4.09. The summed E-state index contributed by atoms with van der Waals surface area (Å²) in [4.78, 5) is 6.85. The van der Waals surface area contributed by atoms with Crippen molar-refractivity contribution in [2.45, 2.75) is 19.7 Å². The van der Waals surface area contributed by atoms with Gasteiger partial charge in [-0.2, -0.15) is 0 Å². The van der Waals surface area contributed by atoms with Crippen LogP contribution in [0.3, 0.4) is 0 Å². The minimum absolute atomic E-state index is 0.0291. The van der Waals surface area contributed by atoms with E-state index in [0.717, 1.165) is 35.4 Å². The molecule has 0 amide bonds. The van der Waals surface area contributed by atoms with Gasteiger partial charge in [0.25, 0.3) is 0 Å². The maximum atomic E-state index is 9.46. The van der Waals surface area contributed by atoms with Gasteiger partial charge in [-0.3, -0.25) is 4.98 Å². The zero-order valence-corrected chi connectivity index (χ0v) is 11.7. The molecule has 0 saturated carbocycles. The van der Waals surface area contributed by atoms with Crippen LogP contribution in [0, 0.1) is 0 Å². The van der Waals surface area contributed by atoms with Gasteiger partial charge in [0.05, 0.1) is 17.8 Å². The molecule has 1 aliphatic rings. The van der Waals surface area contributed by atoms with Gasteiger partial charge in [0, 0.05) is 24.2 Å². The summed E-state index contributed by atoms with van der Waals surface area (Å²) in [5.74, 6) is 0. The number of aliphatic hydroxyl groups is 1. The van der Waals surface area contributed by atoms with Gasteiger partial charge in [-0.1, -0.05) is 42.5 Å². The fraction of sp³-hybridized carbons (Fsp3) is 0.167. The Balaban J connectivity index is 1.84. The van der Waals surface area contributed by atoms with Gasteiger partial charge in [0.15, 0.2) is 0 Å². The lowest BCUT2D eigenvalue weighted by Gasteiger charge is -2.20. The van der Waals surface area contributed by atoms with Crippen LogP contribution in [0.15, 0.2) is 54.6 Å². The molecule has 3 heteroatoms. The third-order valence-corrected chi connectivity index (χ3v) is 4.09. The van der Waals surface area contributed by atoms with Gasteiger partial charge in [0.2, 0.25) is 0 Å². The first-order chi connectivity index (χ1) is 10.3. The summed E-state index contributed by atoms with van der Waals surface area (Å²) in [5.41, 5.74) is 5.57. The number of hydrogen-bond donors (Lipinski definition) is 1. The molecule has 0 bridgehead atoms. The topological polar surface area (TPSA) is 36.4 Å². The van der Waals surface area contributed by atoms with E-state index in [9.17, 15) is 5.11 Å². The Labute approximate surface area is 123 Å². The predicted molar refractivity (Wildman–Crippen MR) is 84.0 cm³/mol. The van der Waals surface area contributed by atoms with Crippen molar-refractivity contribution in [3.63, 3.8) is 0 Å². The summed E-state index contributed by atoms with van der Waals surface area (Å²) in [6.45, 7) is 1.79. The van der Waals surface area contributed by atoms with Crippen molar-refractivity contribution in [2.24, 2.45) is 0 Å². The molecule has 1 N–H and O–H groups in total. The molecule has 1 aromatic heterocycles. The number of hydrogen-bond acceptors (Lipinski definition) is 3. The van der Waals surface area contributed by atoms with Crippen LogP contribution < -0.4 is 4.90 Å². The predicted octanol–water partition coefficient (Wildman–Crippen LogP) is 3.25. The number of rotatable bonds is 2. The van der Waals surface area contributed by atoms with Crippen molar-refractivity contribution in [1.82, 2.24) is 4.98 Å². The number of pyridine rings is 1. The molecular formula is C18H16N2O. The summed E-state index contributed by atoms with van der Waals surface area (Å²) in [6, 6.07) is 18.7. The van der Waals surface area contributed by atoms with Crippen LogP contribution in [-0.2, 0) is 19.7 Å². The first-order valence-electron chi connectivity index (χ1n) is 7.16. The molecule has 0 spiro atoms. The maximum absolute atomic E-state index is 9.46.